The van der Waals surface area contributed by atoms with E-state index >= 15 is 0 Å². The van der Waals surface area contributed by atoms with E-state index < -0.39 is 0 Å². The molecule has 0 aromatic heterocycles. The normalized spacial score (nSPS) is 23.4. The highest BCUT2D eigenvalue weighted by molar-refractivity contribution is 5.99. The monoisotopic (exact) mass is 550 g/mol. The van der Waals surface area contributed by atoms with Crippen molar-refractivity contribution in [1.82, 2.24) is 10.2 Å². The number of nitrogens with zero attached hydrogens (tertiary/aromatic N) is 2. The number of benzene rings is 2. The summed E-state index contributed by atoms with van der Waals surface area (Å²) < 4.78 is 16.0. The van der Waals surface area contributed by atoms with Gasteiger partial charge in [-0.3, -0.25) is 14.5 Å². The van der Waals surface area contributed by atoms with Crippen LogP contribution in [0, 0.1) is 0 Å². The molecule has 0 spiro atoms. The van der Waals surface area contributed by atoms with Gasteiger partial charge in [0.15, 0.2) is 5.96 Å². The molecule has 0 saturated carbocycles. The first-order valence-corrected chi connectivity index (χ1v) is 14.4. The van der Waals surface area contributed by atoms with Crippen LogP contribution < -0.4 is 20.5 Å². The van der Waals surface area contributed by atoms with Crippen molar-refractivity contribution in [2.75, 3.05) is 27.4 Å². The Bertz CT molecular complexity index is 1230. The van der Waals surface area contributed by atoms with Crippen LogP contribution in [0.25, 0.3) is 0 Å². The van der Waals surface area contributed by atoms with Crippen LogP contribution in [-0.4, -0.2) is 56.1 Å². The minimum absolute atomic E-state index is 0.0150. The molecule has 5 aliphatic heterocycles. The van der Waals surface area contributed by atoms with E-state index in [1.807, 2.05) is 32.0 Å². The number of hydrogen-bond donors (Lipinski definition) is 2. The van der Waals surface area contributed by atoms with Gasteiger partial charge in [0.1, 0.15) is 11.5 Å². The summed E-state index contributed by atoms with van der Waals surface area (Å²) in [5.74, 6) is 1.61. The highest BCUT2D eigenvalue weighted by Crippen LogP contribution is 2.39. The summed E-state index contributed by atoms with van der Waals surface area (Å²) in [6.45, 7) is 5.04. The Labute approximate surface area is 237 Å². The maximum atomic E-state index is 13.4. The summed E-state index contributed by atoms with van der Waals surface area (Å²) in [6, 6.07) is 11.2. The molecular weight excluding hydrogens is 508 g/mol. The minimum atomic E-state index is -0.297. The van der Waals surface area contributed by atoms with Crippen LogP contribution in [0.5, 0.6) is 11.5 Å². The number of ether oxygens (including phenoxy) is 3. The van der Waals surface area contributed by atoms with Crippen molar-refractivity contribution in [3.05, 3.63) is 58.7 Å². The molecule has 0 fully saturated rings. The summed E-state index contributed by atoms with van der Waals surface area (Å²) in [7, 11) is 3.25. The van der Waals surface area contributed by atoms with Crippen molar-refractivity contribution in [1.29, 1.82) is 0 Å². The van der Waals surface area contributed by atoms with E-state index in [1.165, 1.54) is 5.56 Å². The first-order valence-electron chi connectivity index (χ1n) is 14.4. The maximum absolute atomic E-state index is 13.4. The molecule has 5 heterocycles. The van der Waals surface area contributed by atoms with Crippen molar-refractivity contribution in [3.8, 4) is 11.5 Å². The van der Waals surface area contributed by atoms with Crippen LogP contribution >= 0.6 is 0 Å². The van der Waals surface area contributed by atoms with Crippen molar-refractivity contribution in [2.45, 2.75) is 76.9 Å². The minimum Gasteiger partial charge on any atom is -0.493 e. The molecule has 216 valence electrons. The number of guanidine groups is 1. The van der Waals surface area contributed by atoms with Gasteiger partial charge < -0.3 is 25.3 Å². The van der Waals surface area contributed by atoms with Crippen LogP contribution in [0.3, 0.4) is 0 Å². The predicted octanol–water partition coefficient (Wildman–Crippen LogP) is 4.69. The van der Waals surface area contributed by atoms with E-state index in [2.05, 4.69) is 22.2 Å². The number of carbonyl (C=O) groups is 2. The molecule has 40 heavy (non-hydrogen) atoms. The van der Waals surface area contributed by atoms with Crippen LogP contribution in [0.4, 0.5) is 0 Å². The molecule has 2 unspecified atom stereocenters. The molecule has 5 aliphatic rings. The molecule has 3 atom stereocenters. The van der Waals surface area contributed by atoms with Gasteiger partial charge in [-0.2, -0.15) is 0 Å². The van der Waals surface area contributed by atoms with Crippen molar-refractivity contribution in [3.63, 3.8) is 0 Å². The van der Waals surface area contributed by atoms with Crippen molar-refractivity contribution >= 4 is 17.8 Å². The lowest BCUT2D eigenvalue weighted by molar-refractivity contribution is -0.130. The third-order valence-electron chi connectivity index (χ3n) is 7.50. The first kappa shape index (κ1) is 29.4. The quantitative estimate of drug-likeness (QED) is 0.492. The van der Waals surface area contributed by atoms with Gasteiger partial charge >= 0.3 is 0 Å². The highest BCUT2D eigenvalue weighted by Gasteiger charge is 2.37. The van der Waals surface area contributed by atoms with E-state index in [0.717, 1.165) is 49.0 Å². The second-order valence-corrected chi connectivity index (χ2v) is 10.2. The summed E-state index contributed by atoms with van der Waals surface area (Å²) in [4.78, 5) is 32.9. The third-order valence-corrected chi connectivity index (χ3v) is 7.50. The van der Waals surface area contributed by atoms with Gasteiger partial charge in [0.25, 0.3) is 5.91 Å². The van der Waals surface area contributed by atoms with Crippen molar-refractivity contribution in [2.24, 2.45) is 10.7 Å². The molecule has 2 amide bonds. The Morgan fingerprint density at radius 1 is 0.950 bits per heavy atom. The smallest absolute Gasteiger partial charge is 0.251 e. The molecule has 2 aromatic rings. The zero-order chi connectivity index (χ0) is 28.6. The largest absolute Gasteiger partial charge is 0.493 e. The second-order valence-electron chi connectivity index (χ2n) is 10.2. The maximum Gasteiger partial charge on any atom is 0.251 e. The third kappa shape index (κ3) is 6.41. The fraction of sp³-hybridized carbons (Fsp3) is 0.516. The SMILES string of the molecule is CC.COC.NC1=NC2CCCCc3ccc4c(c3)C(CCO4)NC(=O)c3ccc4c(c3)[C@@H](CCO4)N1C(=O)C2. The first-order chi connectivity index (χ1) is 19.5. The van der Waals surface area contributed by atoms with Gasteiger partial charge in [-0.05, 0) is 49.1 Å². The molecule has 3 N–H and O–H groups in total. The molecule has 7 rings (SSSR count). The average Bonchev–Trinajstić information content (AvgIpc) is 2.96. The number of fused-ring (bicyclic) bond motifs is 5. The van der Waals surface area contributed by atoms with Crippen LogP contribution in [0.2, 0.25) is 0 Å². The molecular formula is C31H42N4O5. The molecule has 0 saturated heterocycles. The summed E-state index contributed by atoms with van der Waals surface area (Å²) >= 11 is 0. The van der Waals surface area contributed by atoms with Gasteiger partial charge in [-0.1, -0.05) is 32.4 Å². The topological polar surface area (TPSA) is 115 Å². The second kappa shape index (κ2) is 13.7. The van der Waals surface area contributed by atoms with Gasteiger partial charge in [-0.25, -0.2) is 4.99 Å². The fourth-order valence-corrected chi connectivity index (χ4v) is 5.71. The van der Waals surface area contributed by atoms with E-state index in [0.29, 0.717) is 37.4 Å². The summed E-state index contributed by atoms with van der Waals surface area (Å²) in [5, 5.41) is 3.21. The molecule has 0 aliphatic carbocycles. The molecule has 0 radical (unpaired) electrons. The Hall–Kier alpha value is -3.59. The number of carbonyl (C=O) groups excluding carboxylic acids is 2. The summed E-state index contributed by atoms with van der Waals surface area (Å²) in [5.41, 5.74) is 9.94. The number of rotatable bonds is 0. The number of nitrogens with two attached hydrogens (primary N) is 1. The number of nitrogens with one attached hydrogen (secondary N) is 1. The molecule has 9 heteroatoms. The molecule has 2 aromatic carbocycles. The Morgan fingerprint density at radius 3 is 2.40 bits per heavy atom. The van der Waals surface area contributed by atoms with E-state index in [-0.39, 0.29) is 35.9 Å². The average molecular weight is 551 g/mol. The van der Waals surface area contributed by atoms with E-state index in [4.69, 9.17) is 20.2 Å². The molecule has 9 nitrogen and oxygen atoms in total. The zero-order valence-electron chi connectivity index (χ0n) is 24.1. The number of hydrogen-bond acceptors (Lipinski definition) is 7. The highest BCUT2D eigenvalue weighted by atomic mass is 16.5. The Morgan fingerprint density at radius 2 is 1.65 bits per heavy atom. The predicted molar refractivity (Wildman–Crippen MR) is 155 cm³/mol. The lowest BCUT2D eigenvalue weighted by atomic mass is 9.93. The van der Waals surface area contributed by atoms with Crippen LogP contribution in [-0.2, 0) is 16.0 Å². The van der Waals surface area contributed by atoms with E-state index in [1.54, 1.807) is 25.2 Å². The molecule has 6 bridgehead atoms. The Kier molecular flexibility index (Phi) is 10.0. The lowest BCUT2D eigenvalue weighted by Crippen LogP contribution is -2.50. The number of aliphatic imine (C=N–C) groups is 1. The van der Waals surface area contributed by atoms with Gasteiger partial charge in [0.2, 0.25) is 5.91 Å². The fourth-order valence-electron chi connectivity index (χ4n) is 5.71. The zero-order valence-corrected chi connectivity index (χ0v) is 24.1. The summed E-state index contributed by atoms with van der Waals surface area (Å²) in [6.07, 6.45) is 5.39. The van der Waals surface area contributed by atoms with E-state index in [9.17, 15) is 9.59 Å². The van der Waals surface area contributed by atoms with Gasteiger partial charge in [-0.15, -0.1) is 0 Å². The Balaban J connectivity index is 0.000000695. The standard InChI is InChI=1S/C27H30N4O4.C2H6O.C2H6/c28-27-29-18-4-2-1-3-16-5-7-23-19(13-16)21(9-11-34-23)30-26(33)17-6-8-24-20(14-17)22(10-12-35-24)31(27)25(32)15-18;1-3-2;1-2/h5-8,13-14,18,21-22H,1-4,9-12,15H2,(H2,28,29)(H,30,33);1-2H3;1-2H3/t18?,21?,22-;;/m1../s1. The van der Waals surface area contributed by atoms with Gasteiger partial charge in [0, 0.05) is 50.2 Å². The number of amides is 2. The lowest BCUT2D eigenvalue weighted by Gasteiger charge is -2.38. The number of methoxy groups -OCH3 is 1. The van der Waals surface area contributed by atoms with Crippen molar-refractivity contribution < 1.29 is 23.8 Å². The number of aryl methyl sites for hydroxylation is 1. The van der Waals surface area contributed by atoms with Crippen LogP contribution in [0.1, 0.15) is 91.5 Å². The van der Waals surface area contributed by atoms with Gasteiger partial charge in [0.05, 0.1) is 31.3 Å². The van der Waals surface area contributed by atoms with Crippen LogP contribution in [0.15, 0.2) is 41.4 Å².